The number of fused-ring (bicyclic) bond motifs is 1. The van der Waals surface area contributed by atoms with E-state index in [4.69, 9.17) is 4.74 Å². The number of para-hydroxylation sites is 1. The van der Waals surface area contributed by atoms with Crippen LogP contribution in [0.3, 0.4) is 0 Å². The Kier molecular flexibility index (Phi) is 5.47. The van der Waals surface area contributed by atoms with Crippen molar-refractivity contribution in [3.63, 3.8) is 0 Å². The van der Waals surface area contributed by atoms with Crippen molar-refractivity contribution in [2.45, 2.75) is 25.5 Å². The molecule has 1 aromatic heterocycles. The van der Waals surface area contributed by atoms with E-state index >= 15 is 0 Å². The molecule has 4 rings (SSSR count). The fourth-order valence-electron chi connectivity index (χ4n) is 4.15. The zero-order chi connectivity index (χ0) is 20.4. The molecule has 6 heteroatoms. The summed E-state index contributed by atoms with van der Waals surface area (Å²) in [6.45, 7) is 1.99. The molecular formula is C23H24N2O4. The van der Waals surface area contributed by atoms with Crippen molar-refractivity contribution < 1.29 is 14.6 Å². The van der Waals surface area contributed by atoms with E-state index in [2.05, 4.69) is 4.90 Å². The van der Waals surface area contributed by atoms with Crippen LogP contribution in [0.4, 0.5) is 0 Å². The van der Waals surface area contributed by atoms with Gasteiger partial charge in [-0.25, -0.2) is 4.79 Å². The first-order valence-electron chi connectivity index (χ1n) is 9.80. The Morgan fingerprint density at radius 2 is 1.66 bits per heavy atom. The van der Waals surface area contributed by atoms with Gasteiger partial charge >= 0.3 is 5.97 Å². The number of likely N-dealkylation sites (tertiary alicyclic amines) is 1. The molecule has 0 spiro atoms. The standard InChI is InChI=1S/C23H24N2O4/c1-29-17-11-13-24(14-12-17)15-20-21(23(27)28)18-9-5-6-10-19(18)22(26)25(20)16-7-3-2-4-8-16/h2-10,17H,11-15H2,1H3,(H,27,28). The molecule has 2 aromatic carbocycles. The van der Waals surface area contributed by atoms with Crippen LogP contribution in [0.25, 0.3) is 16.5 Å². The molecule has 1 aliphatic rings. The third-order valence-electron chi connectivity index (χ3n) is 5.66. The van der Waals surface area contributed by atoms with Crippen LogP contribution in [-0.4, -0.2) is 46.8 Å². The number of piperidine rings is 1. The average molecular weight is 392 g/mol. The van der Waals surface area contributed by atoms with E-state index in [1.165, 1.54) is 0 Å². The number of aromatic carboxylic acids is 1. The second-order valence-electron chi connectivity index (χ2n) is 7.36. The van der Waals surface area contributed by atoms with Crippen LogP contribution in [0.5, 0.6) is 0 Å². The molecule has 0 unspecified atom stereocenters. The molecule has 1 aliphatic heterocycles. The van der Waals surface area contributed by atoms with Crippen molar-refractivity contribution >= 4 is 16.7 Å². The molecule has 0 aliphatic carbocycles. The largest absolute Gasteiger partial charge is 0.478 e. The predicted octanol–water partition coefficient (Wildman–Crippen LogP) is 3.30. The highest BCUT2D eigenvalue weighted by Gasteiger charge is 2.26. The van der Waals surface area contributed by atoms with Gasteiger partial charge in [-0.1, -0.05) is 36.4 Å². The van der Waals surface area contributed by atoms with Crippen molar-refractivity contribution in [2.24, 2.45) is 0 Å². The number of methoxy groups -OCH3 is 1. The van der Waals surface area contributed by atoms with Gasteiger partial charge in [-0.05, 0) is 31.0 Å². The van der Waals surface area contributed by atoms with Gasteiger partial charge in [0.05, 0.1) is 17.4 Å². The summed E-state index contributed by atoms with van der Waals surface area (Å²) in [5, 5.41) is 11.0. The molecule has 0 saturated carbocycles. The average Bonchev–Trinajstić information content (AvgIpc) is 2.75. The van der Waals surface area contributed by atoms with Gasteiger partial charge in [0.15, 0.2) is 0 Å². The number of carboxylic acids is 1. The summed E-state index contributed by atoms with van der Waals surface area (Å²) < 4.78 is 7.01. The number of nitrogens with zero attached hydrogens (tertiary/aromatic N) is 2. The quantitative estimate of drug-likeness (QED) is 0.721. The molecule has 3 aromatic rings. The Bertz CT molecular complexity index is 1080. The van der Waals surface area contributed by atoms with Gasteiger partial charge in [0.2, 0.25) is 0 Å². The van der Waals surface area contributed by atoms with E-state index in [0.29, 0.717) is 28.7 Å². The van der Waals surface area contributed by atoms with Crippen LogP contribution in [0, 0.1) is 0 Å². The first kappa shape index (κ1) is 19.4. The molecule has 2 heterocycles. The van der Waals surface area contributed by atoms with Gasteiger partial charge in [-0.2, -0.15) is 0 Å². The molecule has 1 fully saturated rings. The third-order valence-corrected chi connectivity index (χ3v) is 5.66. The molecule has 1 saturated heterocycles. The minimum absolute atomic E-state index is 0.193. The van der Waals surface area contributed by atoms with E-state index in [1.807, 2.05) is 30.3 Å². The van der Waals surface area contributed by atoms with Crippen LogP contribution in [0.1, 0.15) is 28.9 Å². The number of rotatable bonds is 5. The van der Waals surface area contributed by atoms with Crippen molar-refractivity contribution in [2.75, 3.05) is 20.2 Å². The smallest absolute Gasteiger partial charge is 0.338 e. The van der Waals surface area contributed by atoms with Crippen molar-refractivity contribution in [3.8, 4) is 5.69 Å². The summed E-state index contributed by atoms with van der Waals surface area (Å²) in [7, 11) is 1.72. The summed E-state index contributed by atoms with van der Waals surface area (Å²) in [6, 6.07) is 16.2. The van der Waals surface area contributed by atoms with Crippen LogP contribution in [0.2, 0.25) is 0 Å². The Morgan fingerprint density at radius 3 is 2.28 bits per heavy atom. The van der Waals surface area contributed by atoms with E-state index in [9.17, 15) is 14.7 Å². The Labute approximate surface area is 169 Å². The highest BCUT2D eigenvalue weighted by molar-refractivity contribution is 6.04. The molecule has 0 atom stereocenters. The van der Waals surface area contributed by atoms with Crippen molar-refractivity contribution in [1.82, 2.24) is 9.47 Å². The molecule has 0 radical (unpaired) electrons. The van der Waals surface area contributed by atoms with E-state index in [-0.39, 0.29) is 17.2 Å². The van der Waals surface area contributed by atoms with Crippen LogP contribution >= 0.6 is 0 Å². The number of pyridine rings is 1. The van der Waals surface area contributed by atoms with Gasteiger partial charge in [-0.3, -0.25) is 14.3 Å². The number of ether oxygens (including phenoxy) is 1. The second kappa shape index (κ2) is 8.19. The molecule has 0 amide bonds. The molecule has 29 heavy (non-hydrogen) atoms. The summed E-state index contributed by atoms with van der Waals surface area (Å²) in [6.07, 6.45) is 2.02. The molecule has 6 nitrogen and oxygen atoms in total. The summed E-state index contributed by atoms with van der Waals surface area (Å²) in [5.74, 6) is -1.02. The fourth-order valence-corrected chi connectivity index (χ4v) is 4.15. The zero-order valence-electron chi connectivity index (χ0n) is 16.4. The number of hydrogen-bond donors (Lipinski definition) is 1. The first-order chi connectivity index (χ1) is 14.1. The normalized spacial score (nSPS) is 15.6. The van der Waals surface area contributed by atoms with Crippen LogP contribution in [0.15, 0.2) is 59.4 Å². The minimum Gasteiger partial charge on any atom is -0.478 e. The lowest BCUT2D eigenvalue weighted by molar-refractivity contribution is 0.0380. The third kappa shape index (κ3) is 3.69. The van der Waals surface area contributed by atoms with E-state index in [1.54, 1.807) is 35.9 Å². The topological polar surface area (TPSA) is 71.8 Å². The summed E-state index contributed by atoms with van der Waals surface area (Å²) >= 11 is 0. The lowest BCUT2D eigenvalue weighted by Gasteiger charge is -2.32. The van der Waals surface area contributed by atoms with Gasteiger partial charge in [0.1, 0.15) is 0 Å². The number of aromatic nitrogens is 1. The Balaban J connectivity index is 1.92. The van der Waals surface area contributed by atoms with Crippen LogP contribution < -0.4 is 5.56 Å². The molecule has 1 N–H and O–H groups in total. The molecule has 150 valence electrons. The second-order valence-corrected chi connectivity index (χ2v) is 7.36. The highest BCUT2D eigenvalue weighted by atomic mass is 16.5. The maximum absolute atomic E-state index is 13.4. The number of hydrogen-bond acceptors (Lipinski definition) is 4. The van der Waals surface area contributed by atoms with Crippen molar-refractivity contribution in [1.29, 1.82) is 0 Å². The monoisotopic (exact) mass is 392 g/mol. The lowest BCUT2D eigenvalue weighted by atomic mass is 10.0. The number of carboxylic acid groups (broad SMARTS) is 1. The van der Waals surface area contributed by atoms with Gasteiger partial charge in [0, 0.05) is 43.2 Å². The maximum atomic E-state index is 13.4. The van der Waals surface area contributed by atoms with Gasteiger partial charge in [-0.15, -0.1) is 0 Å². The molecular weight excluding hydrogens is 368 g/mol. The minimum atomic E-state index is -1.02. The summed E-state index contributed by atoms with van der Waals surface area (Å²) in [4.78, 5) is 27.9. The van der Waals surface area contributed by atoms with Gasteiger partial charge < -0.3 is 9.84 Å². The Morgan fingerprint density at radius 1 is 1.03 bits per heavy atom. The maximum Gasteiger partial charge on any atom is 0.338 e. The van der Waals surface area contributed by atoms with Gasteiger partial charge in [0.25, 0.3) is 5.56 Å². The predicted molar refractivity (Wildman–Crippen MR) is 112 cm³/mol. The first-order valence-corrected chi connectivity index (χ1v) is 9.80. The van der Waals surface area contributed by atoms with Crippen LogP contribution in [-0.2, 0) is 11.3 Å². The fraction of sp³-hybridized carbons (Fsp3) is 0.304. The zero-order valence-corrected chi connectivity index (χ0v) is 16.4. The molecule has 0 bridgehead atoms. The van der Waals surface area contributed by atoms with E-state index in [0.717, 1.165) is 25.9 Å². The SMILES string of the molecule is COC1CCN(Cc2c(C(=O)O)c3ccccc3c(=O)n2-c2ccccc2)CC1. The number of benzene rings is 2. The van der Waals surface area contributed by atoms with Crippen molar-refractivity contribution in [3.05, 3.63) is 76.2 Å². The van der Waals surface area contributed by atoms with E-state index < -0.39 is 5.97 Å². The lowest BCUT2D eigenvalue weighted by Crippen LogP contribution is -2.38. The number of carbonyl (C=O) groups is 1. The Hall–Kier alpha value is -2.96. The highest BCUT2D eigenvalue weighted by Crippen LogP contribution is 2.25. The summed E-state index contributed by atoms with van der Waals surface area (Å²) in [5.41, 5.74) is 1.19.